The Morgan fingerprint density at radius 2 is 1.47 bits per heavy atom. The van der Waals surface area contributed by atoms with Gasteiger partial charge in [0.25, 0.3) is 0 Å². The molecular formula is C14H13F2N. The maximum Gasteiger partial charge on any atom is 0.133 e. The van der Waals surface area contributed by atoms with Crippen LogP contribution in [0.15, 0.2) is 42.5 Å². The van der Waals surface area contributed by atoms with Crippen molar-refractivity contribution < 1.29 is 8.78 Å². The Morgan fingerprint density at radius 3 is 1.94 bits per heavy atom. The molecule has 0 heterocycles. The lowest BCUT2D eigenvalue weighted by Gasteiger charge is -2.08. The molecule has 3 heteroatoms. The highest BCUT2D eigenvalue weighted by Crippen LogP contribution is 2.26. The molecule has 2 N–H and O–H groups in total. The summed E-state index contributed by atoms with van der Waals surface area (Å²) in [6.07, 6.45) is 0. The summed E-state index contributed by atoms with van der Waals surface area (Å²) in [7, 11) is 0. The van der Waals surface area contributed by atoms with Crippen LogP contribution < -0.4 is 5.73 Å². The summed E-state index contributed by atoms with van der Waals surface area (Å²) in [6.45, 7) is 1.86. The lowest BCUT2D eigenvalue weighted by Crippen LogP contribution is -2.04. The molecule has 1 atom stereocenters. The molecule has 1 nitrogen and oxygen atoms in total. The van der Waals surface area contributed by atoms with Gasteiger partial charge in [0, 0.05) is 6.04 Å². The Bertz CT molecular complexity index is 498. The third-order valence-corrected chi connectivity index (χ3v) is 2.69. The summed E-state index contributed by atoms with van der Waals surface area (Å²) in [5.74, 6) is -1.11. The van der Waals surface area contributed by atoms with Crippen LogP contribution in [0, 0.1) is 11.6 Å². The van der Waals surface area contributed by atoms with E-state index in [0.717, 1.165) is 5.56 Å². The standard InChI is InChI=1S/C14H13F2N/c1-9(17)10-5-7-11(8-6-10)14-12(15)3-2-4-13(14)16/h2-9H,17H2,1H3. The molecule has 2 aromatic rings. The average molecular weight is 233 g/mol. The molecule has 0 saturated heterocycles. The number of nitrogens with two attached hydrogens (primary N) is 1. The van der Waals surface area contributed by atoms with Gasteiger partial charge in [0.1, 0.15) is 11.6 Å². The maximum absolute atomic E-state index is 13.5. The van der Waals surface area contributed by atoms with E-state index in [1.165, 1.54) is 18.2 Å². The van der Waals surface area contributed by atoms with Gasteiger partial charge >= 0.3 is 0 Å². The molecule has 0 aliphatic carbocycles. The molecule has 0 bridgehead atoms. The predicted molar refractivity (Wildman–Crippen MR) is 64.4 cm³/mol. The van der Waals surface area contributed by atoms with Crippen molar-refractivity contribution in [3.05, 3.63) is 59.7 Å². The normalized spacial score (nSPS) is 12.5. The maximum atomic E-state index is 13.5. The van der Waals surface area contributed by atoms with Crippen LogP contribution in [0.1, 0.15) is 18.5 Å². The van der Waals surface area contributed by atoms with E-state index in [4.69, 9.17) is 5.73 Å². The van der Waals surface area contributed by atoms with Gasteiger partial charge in [-0.1, -0.05) is 30.3 Å². The third kappa shape index (κ3) is 2.34. The smallest absolute Gasteiger partial charge is 0.133 e. The first kappa shape index (κ1) is 11.7. The number of halogens is 2. The van der Waals surface area contributed by atoms with Crippen molar-refractivity contribution in [3.8, 4) is 11.1 Å². The lowest BCUT2D eigenvalue weighted by molar-refractivity contribution is 0.589. The summed E-state index contributed by atoms with van der Waals surface area (Å²) >= 11 is 0. The SMILES string of the molecule is CC(N)c1ccc(-c2c(F)cccc2F)cc1. The van der Waals surface area contributed by atoms with E-state index in [1.807, 2.05) is 6.92 Å². The zero-order valence-electron chi connectivity index (χ0n) is 9.45. The van der Waals surface area contributed by atoms with Crippen molar-refractivity contribution in [3.63, 3.8) is 0 Å². The van der Waals surface area contributed by atoms with Crippen LogP contribution in [0.2, 0.25) is 0 Å². The molecule has 1 unspecified atom stereocenters. The Labute approximate surface area is 98.9 Å². The Morgan fingerprint density at radius 1 is 0.941 bits per heavy atom. The van der Waals surface area contributed by atoms with Gasteiger partial charge < -0.3 is 5.73 Å². The van der Waals surface area contributed by atoms with Gasteiger partial charge in [-0.15, -0.1) is 0 Å². The van der Waals surface area contributed by atoms with Crippen molar-refractivity contribution in [2.45, 2.75) is 13.0 Å². The van der Waals surface area contributed by atoms with E-state index in [2.05, 4.69) is 0 Å². The molecule has 17 heavy (non-hydrogen) atoms. The fourth-order valence-corrected chi connectivity index (χ4v) is 1.73. The first-order valence-electron chi connectivity index (χ1n) is 5.39. The minimum absolute atomic E-state index is 0.00345. The molecule has 0 aromatic heterocycles. The highest BCUT2D eigenvalue weighted by atomic mass is 19.1. The van der Waals surface area contributed by atoms with Crippen molar-refractivity contribution in [1.29, 1.82) is 0 Å². The number of rotatable bonds is 2. The topological polar surface area (TPSA) is 26.0 Å². The average Bonchev–Trinajstić information content (AvgIpc) is 2.29. The number of benzene rings is 2. The van der Waals surface area contributed by atoms with E-state index >= 15 is 0 Å². The van der Waals surface area contributed by atoms with Crippen molar-refractivity contribution in [2.75, 3.05) is 0 Å². The lowest BCUT2D eigenvalue weighted by atomic mass is 10.0. The van der Waals surface area contributed by atoms with Gasteiger partial charge in [-0.25, -0.2) is 8.78 Å². The second-order valence-corrected chi connectivity index (χ2v) is 4.01. The van der Waals surface area contributed by atoms with Gasteiger partial charge in [-0.05, 0) is 30.2 Å². The summed E-state index contributed by atoms with van der Waals surface area (Å²) in [4.78, 5) is 0. The van der Waals surface area contributed by atoms with Crippen molar-refractivity contribution in [1.82, 2.24) is 0 Å². The molecular weight excluding hydrogens is 220 g/mol. The van der Waals surface area contributed by atoms with Gasteiger partial charge in [0.2, 0.25) is 0 Å². The monoisotopic (exact) mass is 233 g/mol. The van der Waals surface area contributed by atoms with E-state index < -0.39 is 11.6 Å². The first-order valence-corrected chi connectivity index (χ1v) is 5.39. The highest BCUT2D eigenvalue weighted by Gasteiger charge is 2.10. The zero-order chi connectivity index (χ0) is 12.4. The third-order valence-electron chi connectivity index (χ3n) is 2.69. The van der Waals surface area contributed by atoms with E-state index in [-0.39, 0.29) is 11.6 Å². The second-order valence-electron chi connectivity index (χ2n) is 4.01. The van der Waals surface area contributed by atoms with Crippen LogP contribution in [-0.2, 0) is 0 Å². The van der Waals surface area contributed by atoms with Crippen LogP contribution in [0.4, 0.5) is 8.78 Å². The van der Waals surface area contributed by atoms with Crippen LogP contribution in [0.25, 0.3) is 11.1 Å². The van der Waals surface area contributed by atoms with Crippen LogP contribution in [0.5, 0.6) is 0 Å². The van der Waals surface area contributed by atoms with E-state index in [9.17, 15) is 8.78 Å². The molecule has 0 radical (unpaired) electrons. The van der Waals surface area contributed by atoms with E-state index in [1.54, 1.807) is 24.3 Å². The molecule has 0 saturated carbocycles. The fourth-order valence-electron chi connectivity index (χ4n) is 1.73. The molecule has 0 aliphatic rings. The Balaban J connectivity index is 2.47. The van der Waals surface area contributed by atoms with Crippen molar-refractivity contribution >= 4 is 0 Å². The minimum atomic E-state index is -0.557. The highest BCUT2D eigenvalue weighted by molar-refractivity contribution is 5.65. The van der Waals surface area contributed by atoms with Gasteiger partial charge in [0.15, 0.2) is 0 Å². The second kappa shape index (κ2) is 4.63. The fraction of sp³-hybridized carbons (Fsp3) is 0.143. The summed E-state index contributed by atoms with van der Waals surface area (Å²) in [5.41, 5.74) is 7.17. The Kier molecular flexibility index (Phi) is 3.20. The van der Waals surface area contributed by atoms with Crippen LogP contribution in [-0.4, -0.2) is 0 Å². The zero-order valence-corrected chi connectivity index (χ0v) is 9.45. The molecule has 88 valence electrons. The molecule has 0 spiro atoms. The van der Waals surface area contributed by atoms with Gasteiger partial charge in [-0.2, -0.15) is 0 Å². The summed E-state index contributed by atoms with van der Waals surface area (Å²) < 4.78 is 27.1. The minimum Gasteiger partial charge on any atom is -0.324 e. The quantitative estimate of drug-likeness (QED) is 0.841. The van der Waals surface area contributed by atoms with Crippen LogP contribution >= 0.6 is 0 Å². The van der Waals surface area contributed by atoms with Gasteiger partial charge in [-0.3, -0.25) is 0 Å². The molecule has 2 rings (SSSR count). The molecule has 2 aromatic carbocycles. The van der Waals surface area contributed by atoms with Crippen LogP contribution in [0.3, 0.4) is 0 Å². The summed E-state index contributed by atoms with van der Waals surface area (Å²) in [6, 6.07) is 10.7. The molecule has 0 fully saturated rings. The molecule has 0 aliphatic heterocycles. The van der Waals surface area contributed by atoms with Gasteiger partial charge in [0.05, 0.1) is 5.56 Å². The molecule has 0 amide bonds. The van der Waals surface area contributed by atoms with Crippen molar-refractivity contribution in [2.24, 2.45) is 5.73 Å². The Hall–Kier alpha value is -1.74. The number of hydrogen-bond donors (Lipinski definition) is 1. The summed E-state index contributed by atoms with van der Waals surface area (Å²) in [5, 5.41) is 0. The predicted octanol–water partition coefficient (Wildman–Crippen LogP) is 3.65. The number of hydrogen-bond acceptors (Lipinski definition) is 1. The first-order chi connectivity index (χ1) is 8.09. The largest absolute Gasteiger partial charge is 0.324 e. The van der Waals surface area contributed by atoms with E-state index in [0.29, 0.717) is 5.56 Å².